The van der Waals surface area contributed by atoms with E-state index in [4.69, 9.17) is 4.74 Å². The summed E-state index contributed by atoms with van der Waals surface area (Å²) in [5.41, 5.74) is 0. The van der Waals surface area contributed by atoms with Crippen molar-refractivity contribution in [3.8, 4) is 0 Å². The molecule has 0 spiro atoms. The van der Waals surface area contributed by atoms with Crippen LogP contribution < -0.4 is 10.2 Å². The number of piperazine rings is 1. The van der Waals surface area contributed by atoms with Crippen molar-refractivity contribution in [1.29, 1.82) is 0 Å². The lowest BCUT2D eigenvalue weighted by molar-refractivity contribution is 0.178. The highest BCUT2D eigenvalue weighted by molar-refractivity contribution is 5.49. The Labute approximate surface area is 127 Å². The van der Waals surface area contributed by atoms with Crippen LogP contribution in [0.3, 0.4) is 0 Å². The van der Waals surface area contributed by atoms with E-state index in [1.807, 2.05) is 0 Å². The molecule has 0 radical (unpaired) electrons. The lowest BCUT2D eigenvalue weighted by Gasteiger charge is -2.35. The molecule has 21 heavy (non-hydrogen) atoms. The minimum Gasteiger partial charge on any atom is -0.377 e. The lowest BCUT2D eigenvalue weighted by atomic mass is 10.3. The van der Waals surface area contributed by atoms with Crippen LogP contribution in [0.25, 0.3) is 0 Å². The van der Waals surface area contributed by atoms with E-state index in [-0.39, 0.29) is 0 Å². The molecule has 1 N–H and O–H groups in total. The van der Waals surface area contributed by atoms with Gasteiger partial charge in [0.05, 0.1) is 0 Å². The summed E-state index contributed by atoms with van der Waals surface area (Å²) in [6.45, 7) is 11.1. The number of aromatic nitrogens is 2. The lowest BCUT2D eigenvalue weighted by Crippen LogP contribution is -2.46. The molecule has 1 aliphatic rings. The average molecular weight is 293 g/mol. The van der Waals surface area contributed by atoms with Gasteiger partial charge in [-0.2, -0.15) is 0 Å². The summed E-state index contributed by atoms with van der Waals surface area (Å²) >= 11 is 0. The van der Waals surface area contributed by atoms with Gasteiger partial charge in [0.15, 0.2) is 5.82 Å². The summed E-state index contributed by atoms with van der Waals surface area (Å²) in [7, 11) is 1.68. The van der Waals surface area contributed by atoms with Gasteiger partial charge in [-0.1, -0.05) is 13.8 Å². The maximum atomic E-state index is 5.18. The first-order valence-electron chi connectivity index (χ1n) is 7.84. The highest BCUT2D eigenvalue weighted by Gasteiger charge is 2.18. The van der Waals surface area contributed by atoms with Gasteiger partial charge in [-0.05, 0) is 13.0 Å². The van der Waals surface area contributed by atoms with Crippen molar-refractivity contribution in [2.45, 2.75) is 26.9 Å². The molecule has 2 heterocycles. The van der Waals surface area contributed by atoms with Gasteiger partial charge in [0.1, 0.15) is 18.2 Å². The van der Waals surface area contributed by atoms with Gasteiger partial charge in [-0.25, -0.2) is 9.97 Å². The Hall–Kier alpha value is -1.40. The molecule has 1 saturated heterocycles. The van der Waals surface area contributed by atoms with Crippen LogP contribution in [0.1, 0.15) is 26.1 Å². The molecule has 0 aromatic carbocycles. The summed E-state index contributed by atoms with van der Waals surface area (Å²) in [6, 6.07) is 2.05. The van der Waals surface area contributed by atoms with Crippen LogP contribution in [0.2, 0.25) is 0 Å². The van der Waals surface area contributed by atoms with Crippen molar-refractivity contribution in [2.75, 3.05) is 56.6 Å². The molecule has 1 aromatic heterocycles. The van der Waals surface area contributed by atoms with Crippen molar-refractivity contribution in [3.05, 3.63) is 11.9 Å². The normalized spacial score (nSPS) is 16.2. The maximum Gasteiger partial charge on any atom is 0.158 e. The molecular formula is C15H27N5O. The van der Waals surface area contributed by atoms with Crippen molar-refractivity contribution in [2.24, 2.45) is 0 Å². The number of nitrogens with one attached hydrogen (secondary N) is 1. The largest absolute Gasteiger partial charge is 0.377 e. The predicted molar refractivity (Wildman–Crippen MR) is 85.9 cm³/mol. The predicted octanol–water partition coefficient (Wildman–Crippen LogP) is 1.59. The van der Waals surface area contributed by atoms with E-state index < -0.39 is 0 Å². The van der Waals surface area contributed by atoms with Crippen LogP contribution in [0.5, 0.6) is 0 Å². The van der Waals surface area contributed by atoms with E-state index in [1.54, 1.807) is 7.11 Å². The third-order valence-corrected chi connectivity index (χ3v) is 3.73. The van der Waals surface area contributed by atoms with Crippen LogP contribution in [0, 0.1) is 0 Å². The highest BCUT2D eigenvalue weighted by Crippen LogP contribution is 2.18. The first-order chi connectivity index (χ1) is 10.3. The fourth-order valence-electron chi connectivity index (χ4n) is 2.48. The molecule has 118 valence electrons. The van der Waals surface area contributed by atoms with E-state index in [0.717, 1.165) is 63.1 Å². The zero-order valence-corrected chi connectivity index (χ0v) is 13.4. The quantitative estimate of drug-likeness (QED) is 0.824. The maximum absolute atomic E-state index is 5.18. The zero-order valence-electron chi connectivity index (χ0n) is 13.4. The SMILES string of the molecule is CCCNc1cc(N2CCN(CC)CC2)nc(COC)n1. The Kier molecular flexibility index (Phi) is 6.20. The van der Waals surface area contributed by atoms with E-state index in [1.165, 1.54) is 0 Å². The number of hydrogen-bond donors (Lipinski definition) is 1. The number of ether oxygens (including phenoxy) is 1. The minimum atomic E-state index is 0.448. The molecule has 1 aliphatic heterocycles. The van der Waals surface area contributed by atoms with Gasteiger partial charge in [0, 0.05) is 45.9 Å². The van der Waals surface area contributed by atoms with Crippen LogP contribution in [-0.4, -0.2) is 61.2 Å². The van der Waals surface area contributed by atoms with Gasteiger partial charge in [-0.15, -0.1) is 0 Å². The number of likely N-dealkylation sites (N-methyl/N-ethyl adjacent to an activating group) is 1. The summed E-state index contributed by atoms with van der Waals surface area (Å²) in [5.74, 6) is 2.64. The number of methoxy groups -OCH3 is 1. The Morgan fingerprint density at radius 3 is 2.57 bits per heavy atom. The molecule has 0 saturated carbocycles. The van der Waals surface area contributed by atoms with Gasteiger partial charge >= 0.3 is 0 Å². The molecule has 0 atom stereocenters. The Balaban J connectivity index is 2.11. The Morgan fingerprint density at radius 1 is 1.19 bits per heavy atom. The van der Waals surface area contributed by atoms with Crippen molar-refractivity contribution in [1.82, 2.24) is 14.9 Å². The van der Waals surface area contributed by atoms with E-state index in [0.29, 0.717) is 6.61 Å². The zero-order chi connectivity index (χ0) is 15.1. The molecule has 0 unspecified atom stereocenters. The molecule has 1 fully saturated rings. The van der Waals surface area contributed by atoms with Gasteiger partial charge in [0.25, 0.3) is 0 Å². The summed E-state index contributed by atoms with van der Waals surface area (Å²) < 4.78 is 5.18. The molecule has 0 aliphatic carbocycles. The average Bonchev–Trinajstić information content (AvgIpc) is 2.53. The number of nitrogens with zero attached hydrogens (tertiary/aromatic N) is 4. The minimum absolute atomic E-state index is 0.448. The second-order valence-electron chi connectivity index (χ2n) is 5.31. The van der Waals surface area contributed by atoms with Gasteiger partial charge in [-0.3, -0.25) is 0 Å². The third kappa shape index (κ3) is 4.54. The highest BCUT2D eigenvalue weighted by atomic mass is 16.5. The summed E-state index contributed by atoms with van der Waals surface area (Å²) in [4.78, 5) is 13.9. The van der Waals surface area contributed by atoms with Crippen molar-refractivity contribution < 1.29 is 4.74 Å². The molecule has 6 nitrogen and oxygen atoms in total. The van der Waals surface area contributed by atoms with Gasteiger partial charge in [0.2, 0.25) is 0 Å². The first kappa shape index (κ1) is 16.0. The second kappa shape index (κ2) is 8.14. The monoisotopic (exact) mass is 293 g/mol. The third-order valence-electron chi connectivity index (χ3n) is 3.73. The van der Waals surface area contributed by atoms with E-state index in [9.17, 15) is 0 Å². The van der Waals surface area contributed by atoms with Gasteiger partial charge < -0.3 is 19.9 Å². The van der Waals surface area contributed by atoms with E-state index in [2.05, 4.69) is 45.0 Å². The van der Waals surface area contributed by atoms with Crippen LogP contribution in [0.4, 0.5) is 11.6 Å². The Morgan fingerprint density at radius 2 is 1.95 bits per heavy atom. The van der Waals surface area contributed by atoms with E-state index >= 15 is 0 Å². The molecule has 1 aromatic rings. The standard InChI is InChI=1S/C15H27N5O/c1-4-6-16-13-11-15(18-14(17-13)12-21-3)20-9-7-19(5-2)8-10-20/h11H,4-10,12H2,1-3H3,(H,16,17,18). The smallest absolute Gasteiger partial charge is 0.158 e. The van der Waals surface area contributed by atoms with Crippen LogP contribution >= 0.6 is 0 Å². The fourth-order valence-corrected chi connectivity index (χ4v) is 2.48. The molecule has 6 heteroatoms. The fraction of sp³-hybridized carbons (Fsp3) is 0.733. The topological polar surface area (TPSA) is 53.5 Å². The number of anilines is 2. The molecule has 2 rings (SSSR count). The summed E-state index contributed by atoms with van der Waals surface area (Å²) in [5, 5.41) is 3.35. The molecule has 0 amide bonds. The second-order valence-corrected chi connectivity index (χ2v) is 5.31. The summed E-state index contributed by atoms with van der Waals surface area (Å²) in [6.07, 6.45) is 1.08. The molecule has 0 bridgehead atoms. The Bertz CT molecular complexity index is 432. The van der Waals surface area contributed by atoms with Crippen molar-refractivity contribution >= 4 is 11.6 Å². The van der Waals surface area contributed by atoms with Crippen LogP contribution in [-0.2, 0) is 11.3 Å². The van der Waals surface area contributed by atoms with Crippen molar-refractivity contribution in [3.63, 3.8) is 0 Å². The number of hydrogen-bond acceptors (Lipinski definition) is 6. The first-order valence-corrected chi connectivity index (χ1v) is 7.84. The van der Waals surface area contributed by atoms with Crippen LogP contribution in [0.15, 0.2) is 6.07 Å². The molecular weight excluding hydrogens is 266 g/mol. The number of rotatable bonds is 7.